The molecule has 1 unspecified atom stereocenters. The van der Waals surface area contributed by atoms with Gasteiger partial charge in [-0.05, 0) is 12.8 Å². The molecule has 0 aromatic carbocycles. The molecule has 0 amide bonds. The van der Waals surface area contributed by atoms with Crippen molar-refractivity contribution in [2.45, 2.75) is 24.2 Å². The molecule has 1 atom stereocenters. The average Bonchev–Trinajstić information content (AvgIpc) is 2.46. The lowest BCUT2D eigenvalue weighted by Gasteiger charge is -2.34. The molecule has 2 aliphatic heterocycles. The predicted octanol–water partition coefficient (Wildman–Crippen LogP) is -1.66. The molecule has 2 heterocycles. The van der Waals surface area contributed by atoms with E-state index in [-0.39, 0.29) is 49.9 Å². The number of rotatable bonds is 3. The SMILES string of the molecule is NC(=NO)C1CN(S(=O)(=O)C2CCS(=O)(=O)CC2)CCO1. The van der Waals surface area contributed by atoms with Gasteiger partial charge in [-0.3, -0.25) is 0 Å². The molecule has 0 bridgehead atoms. The van der Waals surface area contributed by atoms with Crippen molar-refractivity contribution in [3.8, 4) is 0 Å². The first-order chi connectivity index (χ1) is 9.76. The van der Waals surface area contributed by atoms with Crippen LogP contribution in [-0.4, -0.2) is 74.7 Å². The third kappa shape index (κ3) is 3.65. The zero-order valence-corrected chi connectivity index (χ0v) is 13.0. The van der Waals surface area contributed by atoms with Crippen LogP contribution in [0, 0.1) is 0 Å². The van der Waals surface area contributed by atoms with Crippen LogP contribution in [0.15, 0.2) is 5.16 Å². The molecule has 0 radical (unpaired) electrons. The second-order valence-electron chi connectivity index (χ2n) is 5.14. The van der Waals surface area contributed by atoms with Gasteiger partial charge in [0, 0.05) is 13.1 Å². The fourth-order valence-electron chi connectivity index (χ4n) is 2.48. The molecule has 2 saturated heterocycles. The number of sulfonamides is 1. The fraction of sp³-hybridized carbons (Fsp3) is 0.900. The topological polar surface area (TPSA) is 139 Å². The number of nitrogens with two attached hydrogens (primary N) is 1. The van der Waals surface area contributed by atoms with E-state index in [2.05, 4.69) is 5.16 Å². The van der Waals surface area contributed by atoms with Crippen LogP contribution >= 0.6 is 0 Å². The lowest BCUT2D eigenvalue weighted by molar-refractivity contribution is 0.0351. The number of ether oxygens (including phenoxy) is 1. The minimum Gasteiger partial charge on any atom is -0.409 e. The van der Waals surface area contributed by atoms with Crippen molar-refractivity contribution in [1.82, 2.24) is 4.31 Å². The molecule has 2 fully saturated rings. The number of oxime groups is 1. The van der Waals surface area contributed by atoms with E-state index in [1.807, 2.05) is 0 Å². The van der Waals surface area contributed by atoms with E-state index in [0.29, 0.717) is 0 Å². The molecule has 21 heavy (non-hydrogen) atoms. The molecule has 2 rings (SSSR count). The molecule has 0 spiro atoms. The minimum absolute atomic E-state index is 0.0263. The summed E-state index contributed by atoms with van der Waals surface area (Å²) in [4.78, 5) is 0. The zero-order chi connectivity index (χ0) is 15.7. The van der Waals surface area contributed by atoms with E-state index in [1.165, 1.54) is 4.31 Å². The van der Waals surface area contributed by atoms with Gasteiger partial charge in [0.15, 0.2) is 5.84 Å². The third-order valence-corrected chi connectivity index (χ3v) is 7.84. The Labute approximate surface area is 123 Å². The van der Waals surface area contributed by atoms with Gasteiger partial charge in [0.25, 0.3) is 0 Å². The molecule has 0 aromatic rings. The molecular weight excluding hydrogens is 322 g/mol. The normalized spacial score (nSPS) is 29.3. The smallest absolute Gasteiger partial charge is 0.217 e. The molecule has 11 heteroatoms. The number of hydrogen-bond donors (Lipinski definition) is 2. The average molecular weight is 341 g/mol. The number of sulfone groups is 1. The number of hydrogen-bond acceptors (Lipinski definition) is 7. The maximum atomic E-state index is 12.5. The summed E-state index contributed by atoms with van der Waals surface area (Å²) >= 11 is 0. The first kappa shape index (κ1) is 16.5. The number of amidine groups is 1. The molecule has 3 N–H and O–H groups in total. The Kier molecular flexibility index (Phi) is 4.76. The van der Waals surface area contributed by atoms with Crippen LogP contribution in [0.25, 0.3) is 0 Å². The summed E-state index contributed by atoms with van der Waals surface area (Å²) in [5, 5.41) is 10.8. The highest BCUT2D eigenvalue weighted by Gasteiger charge is 2.39. The highest BCUT2D eigenvalue weighted by atomic mass is 32.2. The molecule has 0 aromatic heterocycles. The van der Waals surface area contributed by atoms with Crippen molar-refractivity contribution in [3.63, 3.8) is 0 Å². The molecule has 122 valence electrons. The summed E-state index contributed by atoms with van der Waals surface area (Å²) in [6.07, 6.45) is -0.571. The summed E-state index contributed by atoms with van der Waals surface area (Å²) in [7, 11) is -6.73. The van der Waals surface area contributed by atoms with Crippen LogP contribution in [0.1, 0.15) is 12.8 Å². The van der Waals surface area contributed by atoms with Crippen LogP contribution < -0.4 is 5.73 Å². The van der Waals surface area contributed by atoms with Crippen molar-refractivity contribution in [2.75, 3.05) is 31.2 Å². The first-order valence-electron chi connectivity index (χ1n) is 6.54. The summed E-state index contributed by atoms with van der Waals surface area (Å²) in [6.45, 7) is 0.299. The molecular formula is C10H19N3O6S2. The zero-order valence-electron chi connectivity index (χ0n) is 11.4. The maximum Gasteiger partial charge on any atom is 0.217 e. The van der Waals surface area contributed by atoms with E-state index in [1.54, 1.807) is 0 Å². The van der Waals surface area contributed by atoms with Crippen molar-refractivity contribution in [1.29, 1.82) is 0 Å². The van der Waals surface area contributed by atoms with E-state index in [9.17, 15) is 16.8 Å². The number of nitrogens with zero attached hydrogens (tertiary/aromatic N) is 2. The van der Waals surface area contributed by atoms with E-state index >= 15 is 0 Å². The fourth-order valence-corrected chi connectivity index (χ4v) is 6.19. The van der Waals surface area contributed by atoms with Gasteiger partial charge in [-0.1, -0.05) is 5.16 Å². The largest absolute Gasteiger partial charge is 0.409 e. The Balaban J connectivity index is 2.09. The Morgan fingerprint density at radius 1 is 1.33 bits per heavy atom. The van der Waals surface area contributed by atoms with Crippen LogP contribution in [0.5, 0.6) is 0 Å². The quantitative estimate of drug-likeness (QED) is 0.271. The lowest BCUT2D eigenvalue weighted by atomic mass is 10.2. The Bertz CT molecular complexity index is 601. The highest BCUT2D eigenvalue weighted by molar-refractivity contribution is 7.92. The second-order valence-corrected chi connectivity index (χ2v) is 9.66. The molecule has 0 aliphatic carbocycles. The van der Waals surface area contributed by atoms with Gasteiger partial charge in [-0.25, -0.2) is 16.8 Å². The van der Waals surface area contributed by atoms with Crippen LogP contribution in [0.3, 0.4) is 0 Å². The van der Waals surface area contributed by atoms with Crippen molar-refractivity contribution in [2.24, 2.45) is 10.9 Å². The summed E-state index contributed by atoms with van der Waals surface area (Å²) in [5.74, 6) is -0.392. The minimum atomic E-state index is -3.61. The monoisotopic (exact) mass is 341 g/mol. The molecule has 2 aliphatic rings. The second kappa shape index (κ2) is 6.07. The summed E-state index contributed by atoms with van der Waals surface area (Å²) < 4.78 is 54.4. The van der Waals surface area contributed by atoms with Gasteiger partial charge in [0.1, 0.15) is 15.9 Å². The van der Waals surface area contributed by atoms with Crippen LogP contribution in [0.4, 0.5) is 0 Å². The summed E-state index contributed by atoms with van der Waals surface area (Å²) in [6, 6.07) is 0. The maximum absolute atomic E-state index is 12.5. The van der Waals surface area contributed by atoms with Crippen molar-refractivity contribution < 1.29 is 26.8 Å². The lowest BCUT2D eigenvalue weighted by Crippen LogP contribution is -2.53. The van der Waals surface area contributed by atoms with Gasteiger partial charge >= 0.3 is 0 Å². The Morgan fingerprint density at radius 3 is 2.52 bits per heavy atom. The van der Waals surface area contributed by atoms with E-state index < -0.39 is 31.2 Å². The van der Waals surface area contributed by atoms with Crippen molar-refractivity contribution >= 4 is 25.7 Å². The molecule has 9 nitrogen and oxygen atoms in total. The third-order valence-electron chi connectivity index (χ3n) is 3.76. The van der Waals surface area contributed by atoms with Gasteiger partial charge in [0.2, 0.25) is 10.0 Å². The van der Waals surface area contributed by atoms with Crippen LogP contribution in [-0.2, 0) is 24.6 Å². The summed E-state index contributed by atoms with van der Waals surface area (Å²) in [5.41, 5.74) is 5.44. The number of morpholine rings is 1. The van der Waals surface area contributed by atoms with Gasteiger partial charge in [-0.15, -0.1) is 0 Å². The van der Waals surface area contributed by atoms with Gasteiger partial charge in [0.05, 0.1) is 23.4 Å². The van der Waals surface area contributed by atoms with E-state index in [0.717, 1.165) is 0 Å². The molecule has 0 saturated carbocycles. The van der Waals surface area contributed by atoms with Gasteiger partial charge in [-0.2, -0.15) is 4.31 Å². The predicted molar refractivity (Wildman–Crippen MR) is 75.3 cm³/mol. The Hall–Kier alpha value is -0.910. The van der Waals surface area contributed by atoms with E-state index in [4.69, 9.17) is 15.7 Å². The standard InChI is InChI=1S/C10H19N3O6S2/c11-10(12-14)9-7-13(3-4-19-9)21(17,18)8-1-5-20(15,16)6-2-8/h8-9,14H,1-7H2,(H2,11,12). The highest BCUT2D eigenvalue weighted by Crippen LogP contribution is 2.24. The van der Waals surface area contributed by atoms with Crippen molar-refractivity contribution in [3.05, 3.63) is 0 Å². The first-order valence-corrected chi connectivity index (χ1v) is 9.87. The Morgan fingerprint density at radius 2 is 1.95 bits per heavy atom. The van der Waals surface area contributed by atoms with Gasteiger partial charge < -0.3 is 15.7 Å². The van der Waals surface area contributed by atoms with Crippen LogP contribution in [0.2, 0.25) is 0 Å².